The van der Waals surface area contributed by atoms with Crippen molar-refractivity contribution in [1.82, 2.24) is 25.1 Å². The molecular formula is C24H34N6O4. The van der Waals surface area contributed by atoms with Gasteiger partial charge in [-0.2, -0.15) is 0 Å². The van der Waals surface area contributed by atoms with E-state index < -0.39 is 6.10 Å². The molecule has 2 aromatic rings. The van der Waals surface area contributed by atoms with Crippen molar-refractivity contribution in [2.24, 2.45) is 0 Å². The van der Waals surface area contributed by atoms with Crippen molar-refractivity contribution in [1.29, 1.82) is 0 Å². The summed E-state index contributed by atoms with van der Waals surface area (Å²) in [6.07, 6.45) is 0.610. The van der Waals surface area contributed by atoms with Crippen molar-refractivity contribution in [3.05, 3.63) is 53.5 Å². The number of aliphatic hydroxyl groups is 1. The lowest BCUT2D eigenvalue weighted by Gasteiger charge is -2.39. The van der Waals surface area contributed by atoms with Gasteiger partial charge in [0.05, 0.1) is 12.1 Å². The van der Waals surface area contributed by atoms with E-state index in [1.807, 2.05) is 19.1 Å². The molecule has 0 radical (unpaired) electrons. The maximum atomic E-state index is 12.6. The zero-order valence-corrected chi connectivity index (χ0v) is 20.0. The maximum absolute atomic E-state index is 12.6. The summed E-state index contributed by atoms with van der Waals surface area (Å²) in [6, 6.07) is 9.81. The molecule has 1 saturated heterocycles. The van der Waals surface area contributed by atoms with Gasteiger partial charge < -0.3 is 25.4 Å². The van der Waals surface area contributed by atoms with E-state index in [0.717, 1.165) is 13.1 Å². The fourth-order valence-corrected chi connectivity index (χ4v) is 3.76. The first-order valence-corrected chi connectivity index (χ1v) is 11.5. The number of likely N-dealkylation sites (tertiary alicyclic amines) is 1. The highest BCUT2D eigenvalue weighted by atomic mass is 16.5. The number of hydrogen-bond acceptors (Lipinski definition) is 8. The molecule has 0 aliphatic carbocycles. The number of anilines is 1. The molecule has 10 nitrogen and oxygen atoms in total. The van der Waals surface area contributed by atoms with Crippen LogP contribution in [0.3, 0.4) is 0 Å². The summed E-state index contributed by atoms with van der Waals surface area (Å²) >= 11 is 0. The van der Waals surface area contributed by atoms with E-state index in [0.29, 0.717) is 25.5 Å². The number of rotatable bonds is 12. The monoisotopic (exact) mass is 470 g/mol. The molecule has 1 fully saturated rings. The van der Waals surface area contributed by atoms with E-state index in [4.69, 9.17) is 4.74 Å². The van der Waals surface area contributed by atoms with Gasteiger partial charge >= 0.3 is 0 Å². The Kier molecular flexibility index (Phi) is 9.32. The third-order valence-corrected chi connectivity index (χ3v) is 5.82. The van der Waals surface area contributed by atoms with E-state index in [2.05, 4.69) is 44.6 Å². The molecule has 1 aromatic heterocycles. The summed E-state index contributed by atoms with van der Waals surface area (Å²) in [7, 11) is 1.49. The number of aliphatic hydroxyl groups excluding tert-OH is 1. The Balaban J connectivity index is 1.44. The summed E-state index contributed by atoms with van der Waals surface area (Å²) in [5.41, 5.74) is 2.65. The third kappa shape index (κ3) is 7.21. The summed E-state index contributed by atoms with van der Waals surface area (Å²) in [5, 5.41) is 16.4. The van der Waals surface area contributed by atoms with Crippen LogP contribution in [-0.4, -0.2) is 95.3 Å². The number of carbonyl (C=O) groups is 2. The summed E-state index contributed by atoms with van der Waals surface area (Å²) < 4.78 is 4.86. The Bertz CT molecular complexity index is 966. The lowest BCUT2D eigenvalue weighted by atomic mass is 10.1. The standard InChI is InChI=1S/C24H34N6O4/c1-4-29(11-18-8-6-5-7-17(18)2)14-20(31)10-25-24(33)21-9-22(27-16-26-21)28-19-12-30(13-19)23(32)15-34-3/h5-9,16,19-20,31H,4,10-15H2,1-3H3,(H,25,33)(H,26,27,28)/t20-/m0/s1. The Morgan fingerprint density at radius 3 is 2.76 bits per heavy atom. The molecule has 1 atom stereocenters. The molecular weight excluding hydrogens is 436 g/mol. The molecule has 3 rings (SSSR count). The highest BCUT2D eigenvalue weighted by Crippen LogP contribution is 2.14. The average Bonchev–Trinajstić information content (AvgIpc) is 2.80. The second-order valence-corrected chi connectivity index (χ2v) is 8.48. The predicted octanol–water partition coefficient (Wildman–Crippen LogP) is 0.667. The highest BCUT2D eigenvalue weighted by Gasteiger charge is 2.30. The number of hydrogen-bond donors (Lipinski definition) is 3. The number of aryl methyl sites for hydroxylation is 1. The number of ether oxygens (including phenoxy) is 1. The van der Waals surface area contributed by atoms with Gasteiger partial charge in [-0.3, -0.25) is 14.5 Å². The van der Waals surface area contributed by atoms with Gasteiger partial charge in [-0.25, -0.2) is 9.97 Å². The minimum Gasteiger partial charge on any atom is -0.390 e. The van der Waals surface area contributed by atoms with Crippen LogP contribution in [0.15, 0.2) is 36.7 Å². The van der Waals surface area contributed by atoms with Crippen molar-refractivity contribution < 1.29 is 19.4 Å². The van der Waals surface area contributed by atoms with Gasteiger partial charge in [-0.05, 0) is 24.6 Å². The van der Waals surface area contributed by atoms with Gasteiger partial charge in [0.2, 0.25) is 5.91 Å². The third-order valence-electron chi connectivity index (χ3n) is 5.82. The van der Waals surface area contributed by atoms with Crippen LogP contribution in [-0.2, 0) is 16.1 Å². The molecule has 0 unspecified atom stereocenters. The quantitative estimate of drug-likeness (QED) is 0.414. The molecule has 1 aromatic carbocycles. The smallest absolute Gasteiger partial charge is 0.270 e. The SMILES string of the molecule is CCN(Cc1ccccc1C)C[C@@H](O)CNC(=O)c1cc(NC2CN(C(=O)COC)C2)ncn1. The molecule has 10 heteroatoms. The number of benzene rings is 1. The zero-order chi connectivity index (χ0) is 24.5. The highest BCUT2D eigenvalue weighted by molar-refractivity contribution is 5.92. The second-order valence-electron chi connectivity index (χ2n) is 8.48. The van der Waals surface area contributed by atoms with E-state index in [1.165, 1.54) is 24.6 Å². The molecule has 2 heterocycles. The van der Waals surface area contributed by atoms with Crippen LogP contribution in [0.4, 0.5) is 5.82 Å². The number of methoxy groups -OCH3 is 1. The van der Waals surface area contributed by atoms with Gasteiger partial charge in [0.25, 0.3) is 5.91 Å². The molecule has 3 N–H and O–H groups in total. The molecule has 34 heavy (non-hydrogen) atoms. The number of carbonyl (C=O) groups excluding carboxylic acids is 2. The second kappa shape index (κ2) is 12.4. The van der Waals surface area contributed by atoms with Crippen LogP contribution in [0.5, 0.6) is 0 Å². The number of nitrogens with one attached hydrogen (secondary N) is 2. The van der Waals surface area contributed by atoms with Crippen LogP contribution in [0.2, 0.25) is 0 Å². The topological polar surface area (TPSA) is 120 Å². The summed E-state index contributed by atoms with van der Waals surface area (Å²) in [6.45, 7) is 7.39. The van der Waals surface area contributed by atoms with Crippen LogP contribution < -0.4 is 10.6 Å². The van der Waals surface area contributed by atoms with Gasteiger partial charge in [0.1, 0.15) is 24.4 Å². The molecule has 1 aliphatic rings. The molecule has 0 saturated carbocycles. The molecule has 2 amide bonds. The van der Waals surface area contributed by atoms with Crippen molar-refractivity contribution in [3.63, 3.8) is 0 Å². The average molecular weight is 471 g/mol. The minimum absolute atomic E-state index is 0.0533. The first-order valence-electron chi connectivity index (χ1n) is 11.5. The van der Waals surface area contributed by atoms with Crippen LogP contribution in [0.1, 0.15) is 28.5 Å². The maximum Gasteiger partial charge on any atom is 0.270 e. The molecule has 1 aliphatic heterocycles. The van der Waals surface area contributed by atoms with Crippen LogP contribution in [0.25, 0.3) is 0 Å². The first kappa shape index (κ1) is 25.5. The van der Waals surface area contributed by atoms with E-state index in [-0.39, 0.29) is 36.7 Å². The Morgan fingerprint density at radius 2 is 2.06 bits per heavy atom. The van der Waals surface area contributed by atoms with Crippen molar-refractivity contribution in [3.8, 4) is 0 Å². The summed E-state index contributed by atoms with van der Waals surface area (Å²) in [5.74, 6) is 0.0827. The lowest BCUT2D eigenvalue weighted by molar-refractivity contribution is -0.139. The fraction of sp³-hybridized carbons (Fsp3) is 0.500. The Morgan fingerprint density at radius 1 is 1.29 bits per heavy atom. The van der Waals surface area contributed by atoms with E-state index in [9.17, 15) is 14.7 Å². The molecule has 0 bridgehead atoms. The Hall–Kier alpha value is -3.08. The predicted molar refractivity (Wildman–Crippen MR) is 128 cm³/mol. The number of nitrogens with zero attached hydrogens (tertiary/aromatic N) is 4. The van der Waals surface area contributed by atoms with Crippen LogP contribution in [0, 0.1) is 6.92 Å². The van der Waals surface area contributed by atoms with Gasteiger partial charge in [0.15, 0.2) is 0 Å². The van der Waals surface area contributed by atoms with E-state index >= 15 is 0 Å². The Labute approximate surface area is 200 Å². The number of likely N-dealkylation sites (N-methyl/N-ethyl adjacent to an activating group) is 1. The van der Waals surface area contributed by atoms with Crippen molar-refractivity contribution in [2.75, 3.05) is 51.8 Å². The largest absolute Gasteiger partial charge is 0.390 e. The summed E-state index contributed by atoms with van der Waals surface area (Å²) in [4.78, 5) is 36.3. The fourth-order valence-electron chi connectivity index (χ4n) is 3.76. The number of amides is 2. The normalized spacial score (nSPS) is 14.6. The van der Waals surface area contributed by atoms with Crippen LogP contribution >= 0.6 is 0 Å². The molecule has 184 valence electrons. The van der Waals surface area contributed by atoms with Crippen molar-refractivity contribution in [2.45, 2.75) is 32.5 Å². The van der Waals surface area contributed by atoms with Gasteiger partial charge in [-0.1, -0.05) is 31.2 Å². The van der Waals surface area contributed by atoms with Crippen molar-refractivity contribution >= 4 is 17.6 Å². The van der Waals surface area contributed by atoms with E-state index in [1.54, 1.807) is 11.0 Å². The minimum atomic E-state index is -0.710. The first-order chi connectivity index (χ1) is 16.4. The zero-order valence-electron chi connectivity index (χ0n) is 20.0. The number of aromatic nitrogens is 2. The van der Waals surface area contributed by atoms with Gasteiger partial charge in [-0.15, -0.1) is 0 Å². The lowest BCUT2D eigenvalue weighted by Crippen LogP contribution is -2.57. The van der Waals surface area contributed by atoms with Gasteiger partial charge in [0, 0.05) is 45.9 Å². The molecule has 0 spiro atoms.